The van der Waals surface area contributed by atoms with E-state index < -0.39 is 17.3 Å². The number of nitrogens with zero attached hydrogens (tertiary/aromatic N) is 14. The zero-order valence-electron chi connectivity index (χ0n) is 73.6. The minimum absolute atomic E-state index is 0.0136. The molecule has 26 nitrogen and oxygen atoms in total. The van der Waals surface area contributed by atoms with E-state index in [1.54, 1.807) is 134 Å². The zero-order chi connectivity index (χ0) is 94.8. The minimum Gasteiger partial charge on any atom is -0.507 e. The molecule has 678 valence electrons. The molecule has 11 aromatic heterocycles. The third-order valence-electron chi connectivity index (χ3n) is 19.3. The molecular weight excluding hydrogens is 1700 g/mol. The van der Waals surface area contributed by atoms with Gasteiger partial charge in [-0.3, -0.25) is 38.4 Å². The van der Waals surface area contributed by atoms with Gasteiger partial charge in [0.05, 0.1) is 0 Å². The summed E-state index contributed by atoms with van der Waals surface area (Å²) >= 11 is 0. The monoisotopic (exact) mass is 1790 g/mol. The molecule has 32 heteroatoms. The van der Waals surface area contributed by atoms with E-state index in [2.05, 4.69) is 57.6 Å². The molecule has 0 amide bonds. The molecule has 0 radical (unpaired) electrons. The normalized spacial score (nSPS) is 11.0. The van der Waals surface area contributed by atoms with Crippen LogP contribution in [0.4, 0.5) is 26.3 Å². The number of ketones is 5. The van der Waals surface area contributed by atoms with Crippen molar-refractivity contribution in [1.29, 1.82) is 0 Å². The number of aliphatic hydroxyl groups is 3. The second-order valence-corrected chi connectivity index (χ2v) is 30.1. The summed E-state index contributed by atoms with van der Waals surface area (Å²) in [6, 6.07) is 48.6. The Kier molecular flexibility index (Phi) is 35.8. The molecule has 132 heavy (non-hydrogen) atoms. The first-order chi connectivity index (χ1) is 63.4. The molecule has 0 aliphatic carbocycles. The summed E-state index contributed by atoms with van der Waals surface area (Å²) in [5.74, 6) is -3.61. The molecular formula is C100H97F6N17O9. The maximum Gasteiger partial charge on any atom is 0.228 e. The van der Waals surface area contributed by atoms with Crippen molar-refractivity contribution in [3.05, 3.63) is 460 Å². The number of carbonyl (C=O) groups is 5. The second-order valence-electron chi connectivity index (χ2n) is 30.1. The van der Waals surface area contributed by atoms with Crippen LogP contribution in [0.1, 0.15) is 137 Å². The molecule has 11 heterocycles. The first-order valence-electron chi connectivity index (χ1n) is 40.8. The highest BCUT2D eigenvalue weighted by Crippen LogP contribution is 2.27. The number of carbonyl (C=O) groups excluding carboxylic acids is 5. The third kappa shape index (κ3) is 30.9. The minimum atomic E-state index is -0.493. The zero-order valence-corrected chi connectivity index (χ0v) is 73.6. The summed E-state index contributed by atoms with van der Waals surface area (Å²) in [5, 5.41) is 45.0. The first kappa shape index (κ1) is 97.7. The fourth-order valence-electron chi connectivity index (χ4n) is 13.0. The standard InChI is InChI=1S/C18H17FN4O3.C18H17FN4O2.C17H15FN4O2.C14H14FNO.C12H10FNO.C12H12FN.C5H7N.C4H5N/c1-26-11-23-8-13(6-12-2-4-14(19)5-3-12)15(9-23)16(24)7-17(25)18-20-10-21-22-18;1-22-9-13(7-12-3-5-14(19)6-4-12)15(10-22)16(24)8-17(25)18-20-11-23(2)21-18;1-22-10-20-17(21-22)16(24)7-15(23)14-9-19-8-12(14)6-11-2-4-13(18)5-3-11;1-10(17)14-9-16(2)8-12(14)7-11-3-5-13(15)6-4-11;1-14-7-6-10(8-14)12(15)9-2-4-11(13)5-3-9;1-14-7-6-11(9-14)8-10-2-4-12(13)5-3-10;1-6-4-2-3-5-6;1-2-4-5-3-1/h2-5,7-10,24H,6,11H2,1H3,(H,20,21,22);3-6,8-11,24H,7H2,1-2H3;2-5,7-10,19,23H,6H2,1H3;3-6,8-9H,7H2,1-2H3;2-8H,1H3;2-7,9H,8H2,1H3;2-5H,1H3;1-5H. The van der Waals surface area contributed by atoms with Gasteiger partial charge in [0, 0.05) is 207 Å². The Hall–Kier alpha value is -16.5. The van der Waals surface area contributed by atoms with Crippen molar-refractivity contribution in [2.75, 3.05) is 7.11 Å². The van der Waals surface area contributed by atoms with Crippen LogP contribution in [0, 0.1) is 34.9 Å². The highest BCUT2D eigenvalue weighted by Gasteiger charge is 2.20. The molecule has 17 rings (SSSR count). The number of benzene rings is 6. The van der Waals surface area contributed by atoms with E-state index in [1.807, 2.05) is 141 Å². The number of aliphatic hydroxyl groups excluding tert-OH is 3. The lowest BCUT2D eigenvalue weighted by molar-refractivity contribution is 0.101. The Labute approximate surface area is 756 Å². The van der Waals surface area contributed by atoms with Crippen molar-refractivity contribution in [2.45, 2.75) is 45.8 Å². The summed E-state index contributed by atoms with van der Waals surface area (Å²) in [6.07, 6.45) is 39.8. The van der Waals surface area contributed by atoms with Crippen LogP contribution in [-0.2, 0) is 92.9 Å². The molecule has 0 aliphatic heterocycles. The number of aromatic nitrogens is 17. The highest BCUT2D eigenvalue weighted by atomic mass is 19.1. The van der Waals surface area contributed by atoms with Gasteiger partial charge in [-0.25, -0.2) is 41.3 Å². The number of methoxy groups -OCH3 is 1. The van der Waals surface area contributed by atoms with Gasteiger partial charge >= 0.3 is 0 Å². The molecule has 17 aromatic rings. The summed E-state index contributed by atoms with van der Waals surface area (Å²) in [5.41, 5.74) is 12.8. The maximum absolute atomic E-state index is 13.1. The van der Waals surface area contributed by atoms with Crippen LogP contribution in [0.15, 0.2) is 318 Å². The van der Waals surface area contributed by atoms with Crippen LogP contribution in [0.5, 0.6) is 0 Å². The number of ether oxygens (including phenoxy) is 1. The highest BCUT2D eigenvalue weighted by molar-refractivity contribution is 6.09. The van der Waals surface area contributed by atoms with Gasteiger partial charge in [-0.05, 0) is 216 Å². The molecule has 0 saturated carbocycles. The number of Topliss-reactive ketones (excluding diaryl/α,β-unsaturated/α-hetero) is 1. The predicted molar refractivity (Wildman–Crippen MR) is 489 cm³/mol. The molecule has 0 spiro atoms. The van der Waals surface area contributed by atoms with Crippen molar-refractivity contribution in [3.8, 4) is 0 Å². The predicted octanol–water partition coefficient (Wildman–Crippen LogP) is 18.2. The van der Waals surface area contributed by atoms with Crippen LogP contribution in [0.3, 0.4) is 0 Å². The molecule has 6 N–H and O–H groups in total. The van der Waals surface area contributed by atoms with Gasteiger partial charge in [-0.1, -0.05) is 60.7 Å². The Bertz CT molecular complexity index is 6600. The third-order valence-corrected chi connectivity index (χ3v) is 19.3. The molecule has 0 aliphatic rings. The van der Waals surface area contributed by atoms with E-state index in [0.29, 0.717) is 60.2 Å². The van der Waals surface area contributed by atoms with E-state index in [0.717, 1.165) is 80.3 Å². The topological polar surface area (TPSA) is 319 Å². The number of nitrogens with one attached hydrogen (secondary N) is 3. The quantitative estimate of drug-likeness (QED) is 0.0142. The lowest BCUT2D eigenvalue weighted by atomic mass is 10.0. The molecule has 0 bridgehead atoms. The number of rotatable bonds is 24. The number of aromatic amines is 3. The lowest BCUT2D eigenvalue weighted by Gasteiger charge is -2.04. The Morgan fingerprint density at radius 2 is 0.788 bits per heavy atom. The summed E-state index contributed by atoms with van der Waals surface area (Å²) in [4.78, 5) is 76.8. The number of halogens is 6. The first-order valence-corrected chi connectivity index (χ1v) is 40.8. The number of allylic oxidation sites excluding steroid dienone is 3. The van der Waals surface area contributed by atoms with Crippen LogP contribution in [-0.4, -0.2) is 133 Å². The number of H-pyrrole nitrogens is 3. The van der Waals surface area contributed by atoms with Crippen LogP contribution in [0.2, 0.25) is 0 Å². The van der Waals surface area contributed by atoms with E-state index in [9.17, 15) is 65.6 Å². The van der Waals surface area contributed by atoms with Gasteiger partial charge in [-0.15, -0.1) is 10.2 Å². The number of hydrogen-bond acceptors (Lipinski definition) is 15. The second kappa shape index (κ2) is 48.4. The van der Waals surface area contributed by atoms with E-state index in [-0.39, 0.29) is 81.2 Å². The largest absolute Gasteiger partial charge is 0.507 e. The van der Waals surface area contributed by atoms with Gasteiger partial charge in [0.1, 0.15) is 77.9 Å². The van der Waals surface area contributed by atoms with Crippen molar-refractivity contribution in [3.63, 3.8) is 0 Å². The number of hydrogen-bond donors (Lipinski definition) is 6. The fourth-order valence-corrected chi connectivity index (χ4v) is 13.0. The molecule has 0 unspecified atom stereocenters. The maximum atomic E-state index is 13.1. The summed E-state index contributed by atoms with van der Waals surface area (Å²) in [7, 11) is 14.4. The van der Waals surface area contributed by atoms with Gasteiger partial charge in [0.2, 0.25) is 29.0 Å². The Morgan fingerprint density at radius 1 is 0.379 bits per heavy atom. The van der Waals surface area contributed by atoms with Gasteiger partial charge in [0.15, 0.2) is 17.4 Å². The average molecular weight is 1790 g/mol. The van der Waals surface area contributed by atoms with E-state index in [4.69, 9.17) is 4.74 Å². The molecule has 0 atom stereocenters. The van der Waals surface area contributed by atoms with Crippen molar-refractivity contribution < 1.29 is 70.4 Å². The number of aryl methyl sites for hydroxylation is 7. The molecule has 0 saturated heterocycles. The summed E-state index contributed by atoms with van der Waals surface area (Å²) in [6.45, 7) is 1.85. The SMILES string of the molecule is CC(=O)c1cn(C)cc1Cc1ccc(F)cc1.COCn1cc(Cc2ccc(F)cc2)c(C(O)=CC(=O)c2ncn[nH]2)c1.Cn1cc(Cc2ccc(F)cc2)c(C(O)=CC(=O)c2ncn(C)n2)c1.Cn1ccc(C(=O)c2ccc(F)cc2)c1.Cn1ccc(Cc2ccc(F)cc2)c1.Cn1cccc1.Cn1cnc(C(=O)C=C(O)c2c[nH]cc2Cc2ccc(F)cc2)n1.c1cc[nH]c1. The smallest absolute Gasteiger partial charge is 0.228 e. The lowest BCUT2D eigenvalue weighted by Crippen LogP contribution is -2.01. The fraction of sp³-hybridized carbons (Fsp3) is 0.150. The van der Waals surface area contributed by atoms with Gasteiger partial charge < -0.3 is 57.4 Å². The van der Waals surface area contributed by atoms with Crippen LogP contribution >= 0.6 is 0 Å². The van der Waals surface area contributed by atoms with Crippen molar-refractivity contribution >= 4 is 46.2 Å². The Balaban J connectivity index is 0.000000162. The molecule has 6 aromatic carbocycles. The van der Waals surface area contributed by atoms with Crippen molar-refractivity contribution in [2.24, 2.45) is 49.3 Å². The summed E-state index contributed by atoms with van der Waals surface area (Å²) < 4.78 is 96.3. The average Bonchev–Trinajstić information content (AvgIpc) is 1.69. The van der Waals surface area contributed by atoms with Crippen LogP contribution in [0.25, 0.3) is 17.3 Å². The molecule has 0 fully saturated rings. The Morgan fingerprint density at radius 3 is 1.17 bits per heavy atom. The van der Waals surface area contributed by atoms with E-state index in [1.165, 1.54) is 119 Å². The van der Waals surface area contributed by atoms with E-state index >= 15 is 0 Å². The van der Waals surface area contributed by atoms with Crippen molar-refractivity contribution in [1.82, 2.24) is 82.1 Å². The van der Waals surface area contributed by atoms with Gasteiger partial charge in [0.25, 0.3) is 0 Å². The van der Waals surface area contributed by atoms with Crippen LogP contribution < -0.4 is 0 Å². The van der Waals surface area contributed by atoms with Gasteiger partial charge in [-0.2, -0.15) is 5.10 Å².